The van der Waals surface area contributed by atoms with Crippen LogP contribution >= 0.6 is 11.8 Å². The molecule has 0 bridgehead atoms. The molecule has 0 spiro atoms. The van der Waals surface area contributed by atoms with Crippen LogP contribution in [0.5, 0.6) is 11.5 Å². The summed E-state index contributed by atoms with van der Waals surface area (Å²) in [5.41, 5.74) is 21.8. The summed E-state index contributed by atoms with van der Waals surface area (Å²) >= 11 is 1.01. The fourth-order valence-electron chi connectivity index (χ4n) is 9.10. The van der Waals surface area contributed by atoms with Crippen molar-refractivity contribution in [1.29, 1.82) is 0 Å². The van der Waals surface area contributed by atoms with Gasteiger partial charge in [0.2, 0.25) is 35.5 Å². The fourth-order valence-corrected chi connectivity index (χ4v) is 10.2. The number of nitrogens with two attached hydrogens (primary N) is 3. The second-order valence-corrected chi connectivity index (χ2v) is 19.5. The summed E-state index contributed by atoms with van der Waals surface area (Å²) in [5, 5.41) is 21.4. The third kappa shape index (κ3) is 11.5. The van der Waals surface area contributed by atoms with Crippen molar-refractivity contribution in [3.63, 3.8) is 0 Å². The fraction of sp³-hybridized carbons (Fsp3) is 0.373. The molecule has 25 nitrogen and oxygen atoms in total. The Kier molecular flexibility index (Phi) is 16.4. The Balaban J connectivity index is 1.08. The monoisotopic (exact) mass is 1070 g/mol. The molecule has 1 saturated heterocycles. The molecular formula is C51H59N15O10S. The summed E-state index contributed by atoms with van der Waals surface area (Å²) in [5.74, 6) is -3.18. The topological polar surface area (TPSA) is 339 Å². The maximum Gasteiger partial charge on any atom is 0.321 e. The Labute approximate surface area is 444 Å². The number of imidazole rings is 1. The lowest BCUT2D eigenvalue weighted by atomic mass is 10.1. The number of ether oxygens (including phenoxy) is 2. The van der Waals surface area contributed by atoms with Crippen LogP contribution in [0, 0.1) is 13.8 Å². The largest absolute Gasteiger partial charge is 0.494 e. The van der Waals surface area contributed by atoms with E-state index in [-0.39, 0.29) is 74.4 Å². The molecule has 77 heavy (non-hydrogen) atoms. The molecule has 8 rings (SSSR count). The van der Waals surface area contributed by atoms with Crippen LogP contribution in [0.1, 0.15) is 75.7 Å². The van der Waals surface area contributed by atoms with Crippen molar-refractivity contribution in [1.82, 2.24) is 53.4 Å². The number of carboxylic acids is 1. The SMILES string of the molecule is CCn1nc(C)cc1C(=O)Nc1nc2cc(C(N)=O)cc(OC)c2n1C/C=C/Cn1c2nc(-c3cc(C)nn3CC)ncc2c2cc(C(N)=O)cc(OCCCN(C)C(=O)CCN3C(=O)CC(SC[C@H](N)C(=O)O)C3=O)c21. The normalized spacial score (nSPS) is 14.1. The van der Waals surface area contributed by atoms with Gasteiger partial charge in [0.25, 0.3) is 5.91 Å². The number of hydrogen-bond donors (Lipinski definition) is 5. The van der Waals surface area contributed by atoms with E-state index in [1.165, 1.54) is 24.1 Å². The van der Waals surface area contributed by atoms with Gasteiger partial charge in [0.1, 0.15) is 40.1 Å². The first-order chi connectivity index (χ1) is 36.8. The van der Waals surface area contributed by atoms with Crippen molar-refractivity contribution in [3.05, 3.63) is 83.0 Å². The Morgan fingerprint density at radius 2 is 1.57 bits per heavy atom. The van der Waals surface area contributed by atoms with Gasteiger partial charge in [0, 0.05) is 93.0 Å². The molecule has 6 amide bonds. The smallest absolute Gasteiger partial charge is 0.321 e. The summed E-state index contributed by atoms with van der Waals surface area (Å²) in [4.78, 5) is 106. The van der Waals surface area contributed by atoms with E-state index < -0.39 is 46.8 Å². The molecule has 5 aromatic heterocycles. The van der Waals surface area contributed by atoms with Crippen LogP contribution in [-0.4, -0.2) is 151 Å². The number of primary amides is 2. The number of nitrogens with zero attached hydrogens (tertiary/aromatic N) is 11. The highest BCUT2D eigenvalue weighted by atomic mass is 32.2. The van der Waals surface area contributed by atoms with E-state index in [0.29, 0.717) is 86.9 Å². The maximum absolute atomic E-state index is 13.8. The standard InChI is InChI=1S/C51H59N15O10S/c1-7-65-35(18-27(3)59-65)46-55-25-32-31-20-29(44(53)69)23-38(76-17-11-13-61(5)40(67)12-16-62-41(68)24-39(49(62)72)77-26-33(52)50(73)74)42(31)63(47(32)57-46)14-9-10-15-64-43-34(21-30(45(54)70)22-37(43)75-6)56-51(64)58-48(71)36-19-28(4)60-66(36)8-2/h9-10,18-23,25,33,39H,7-8,11-17,24,26,52H2,1-6H3,(H2,53,69)(H2,54,70)(H,73,74)(H,56,58,71)/b10-9+/t33-,39?/m0/s1. The van der Waals surface area contributed by atoms with Crippen molar-refractivity contribution in [2.45, 2.75) is 84.4 Å². The van der Waals surface area contributed by atoms with Gasteiger partial charge in [0.05, 0.1) is 41.4 Å². The molecule has 0 radical (unpaired) electrons. The lowest BCUT2D eigenvalue weighted by Gasteiger charge is -2.20. The van der Waals surface area contributed by atoms with Gasteiger partial charge in [-0.3, -0.25) is 53.1 Å². The maximum atomic E-state index is 13.8. The zero-order valence-electron chi connectivity index (χ0n) is 43.3. The molecule has 404 valence electrons. The number of thioether (sulfide) groups is 1. The molecule has 1 fully saturated rings. The minimum Gasteiger partial charge on any atom is -0.494 e. The highest BCUT2D eigenvalue weighted by molar-refractivity contribution is 8.00. The number of carboxylic acid groups (broad SMARTS) is 1. The van der Waals surface area contributed by atoms with E-state index in [4.69, 9.17) is 46.7 Å². The van der Waals surface area contributed by atoms with Crippen molar-refractivity contribution in [2.75, 3.05) is 44.9 Å². The predicted octanol–water partition coefficient (Wildman–Crippen LogP) is 3.26. The van der Waals surface area contributed by atoms with Gasteiger partial charge in [-0.05, 0) is 70.5 Å². The van der Waals surface area contributed by atoms with Crippen molar-refractivity contribution >= 4 is 92.1 Å². The number of anilines is 1. The van der Waals surface area contributed by atoms with Crippen molar-refractivity contribution < 1.29 is 48.1 Å². The zero-order valence-corrected chi connectivity index (χ0v) is 44.1. The van der Waals surface area contributed by atoms with Crippen LogP contribution in [0.15, 0.2) is 54.7 Å². The predicted molar refractivity (Wildman–Crippen MR) is 285 cm³/mol. The highest BCUT2D eigenvalue weighted by Gasteiger charge is 2.39. The van der Waals surface area contributed by atoms with E-state index in [2.05, 4.69) is 15.5 Å². The number of carbonyl (C=O) groups is 7. The number of fused-ring (bicyclic) bond motifs is 4. The van der Waals surface area contributed by atoms with Gasteiger partial charge in [-0.2, -0.15) is 10.2 Å². The number of rotatable bonds is 24. The molecule has 8 N–H and O–H groups in total. The minimum absolute atomic E-state index is 0.0438. The summed E-state index contributed by atoms with van der Waals surface area (Å²) < 4.78 is 19.3. The first-order valence-corrected chi connectivity index (χ1v) is 25.7. The number of likely N-dealkylation sites (tertiary alicyclic amines) is 1. The molecule has 7 aromatic rings. The number of carbonyl (C=O) groups excluding carboxylic acids is 6. The van der Waals surface area contributed by atoms with Crippen LogP contribution in [-0.2, 0) is 45.4 Å². The van der Waals surface area contributed by atoms with Gasteiger partial charge in [-0.1, -0.05) is 12.2 Å². The van der Waals surface area contributed by atoms with Crippen LogP contribution in [0.4, 0.5) is 5.95 Å². The first-order valence-electron chi connectivity index (χ1n) is 24.7. The number of aromatic nitrogens is 9. The number of aliphatic carboxylic acids is 1. The molecule has 2 aromatic carbocycles. The molecule has 1 unspecified atom stereocenters. The summed E-state index contributed by atoms with van der Waals surface area (Å²) in [6, 6.07) is 8.64. The van der Waals surface area contributed by atoms with Gasteiger partial charge in [0.15, 0.2) is 5.82 Å². The zero-order chi connectivity index (χ0) is 55.4. The van der Waals surface area contributed by atoms with Gasteiger partial charge in [-0.15, -0.1) is 11.8 Å². The number of benzene rings is 2. The number of nitrogens with one attached hydrogen (secondary N) is 1. The molecule has 1 aliphatic heterocycles. The number of aryl methyl sites for hydroxylation is 4. The van der Waals surface area contributed by atoms with Crippen LogP contribution in [0.25, 0.3) is 44.5 Å². The number of methoxy groups -OCH3 is 1. The Morgan fingerprint density at radius 3 is 2.26 bits per heavy atom. The van der Waals surface area contributed by atoms with Gasteiger partial charge < -0.3 is 45.8 Å². The lowest BCUT2D eigenvalue weighted by Crippen LogP contribution is -2.37. The average molecular weight is 1070 g/mol. The molecule has 2 atom stereocenters. The lowest BCUT2D eigenvalue weighted by molar-refractivity contribution is -0.140. The molecule has 0 saturated carbocycles. The summed E-state index contributed by atoms with van der Waals surface area (Å²) in [7, 11) is 3.05. The van der Waals surface area contributed by atoms with Crippen molar-refractivity contribution in [3.8, 4) is 23.0 Å². The Hall–Kier alpha value is -8.65. The van der Waals surface area contributed by atoms with Gasteiger partial charge in [-0.25, -0.2) is 15.0 Å². The number of allylic oxidation sites excluding steroid dienone is 2. The highest BCUT2D eigenvalue weighted by Crippen LogP contribution is 2.37. The summed E-state index contributed by atoms with van der Waals surface area (Å²) in [6.45, 7) is 9.04. The van der Waals surface area contributed by atoms with Crippen LogP contribution in [0.3, 0.4) is 0 Å². The molecule has 0 aliphatic carbocycles. The van der Waals surface area contributed by atoms with E-state index in [0.717, 1.165) is 22.4 Å². The number of hydrogen-bond acceptors (Lipinski definition) is 16. The van der Waals surface area contributed by atoms with Crippen molar-refractivity contribution in [2.24, 2.45) is 17.2 Å². The van der Waals surface area contributed by atoms with E-state index in [1.54, 1.807) is 52.3 Å². The third-order valence-electron chi connectivity index (χ3n) is 13.0. The minimum atomic E-state index is -1.21. The Morgan fingerprint density at radius 1 is 0.896 bits per heavy atom. The summed E-state index contributed by atoms with van der Waals surface area (Å²) in [6.07, 6.45) is 5.54. The quantitative estimate of drug-likeness (QED) is 0.0329. The van der Waals surface area contributed by atoms with E-state index in [9.17, 15) is 33.6 Å². The molecule has 1 aliphatic rings. The number of imide groups is 1. The molecule has 26 heteroatoms. The van der Waals surface area contributed by atoms with E-state index >= 15 is 0 Å². The van der Waals surface area contributed by atoms with E-state index in [1.807, 2.05) is 43.6 Å². The first kappa shape index (κ1) is 54.6. The Bertz CT molecular complexity index is 3520. The van der Waals surface area contributed by atoms with Crippen LogP contribution < -0.4 is 32.0 Å². The second kappa shape index (κ2) is 23.1. The third-order valence-corrected chi connectivity index (χ3v) is 14.3. The number of amides is 6. The molecule has 6 heterocycles. The van der Waals surface area contributed by atoms with Crippen LogP contribution in [0.2, 0.25) is 0 Å². The second-order valence-electron chi connectivity index (χ2n) is 18.3. The van der Waals surface area contributed by atoms with Gasteiger partial charge >= 0.3 is 5.97 Å². The average Bonchev–Trinajstić information content (AvgIpc) is 4.27. The molecular weight excluding hydrogens is 1010 g/mol.